The van der Waals surface area contributed by atoms with Gasteiger partial charge in [-0.1, -0.05) is 35.0 Å². The van der Waals surface area contributed by atoms with Crippen LogP contribution in [0.4, 0.5) is 5.82 Å². The molecular weight excluding hydrogens is 340 g/mol. The van der Waals surface area contributed by atoms with Crippen molar-refractivity contribution in [3.8, 4) is 11.5 Å². The normalized spacial score (nSPS) is 19.8. The van der Waals surface area contributed by atoms with Gasteiger partial charge in [-0.3, -0.25) is 0 Å². The second kappa shape index (κ2) is 7.88. The van der Waals surface area contributed by atoms with Gasteiger partial charge in [0.05, 0.1) is 11.7 Å². The smallest absolute Gasteiger partial charge is 0.261 e. The molecule has 1 aromatic carbocycles. The molecule has 6 heteroatoms. The lowest BCUT2D eigenvalue weighted by molar-refractivity contribution is -0.0238. The van der Waals surface area contributed by atoms with E-state index in [1.807, 2.05) is 19.1 Å². The molecular formula is C21H24N4O2. The Hall–Kier alpha value is -2.73. The summed E-state index contributed by atoms with van der Waals surface area (Å²) in [5.41, 5.74) is 3.32. The van der Waals surface area contributed by atoms with E-state index in [4.69, 9.17) is 9.26 Å². The van der Waals surface area contributed by atoms with Gasteiger partial charge < -0.3 is 14.6 Å². The third-order valence-corrected chi connectivity index (χ3v) is 4.95. The van der Waals surface area contributed by atoms with Crippen LogP contribution in [-0.4, -0.2) is 28.3 Å². The van der Waals surface area contributed by atoms with Gasteiger partial charge in [0.1, 0.15) is 5.82 Å². The van der Waals surface area contributed by atoms with Crippen molar-refractivity contribution in [2.24, 2.45) is 5.92 Å². The summed E-state index contributed by atoms with van der Waals surface area (Å²) in [6.45, 7) is 5.50. The molecule has 6 nitrogen and oxygen atoms in total. The van der Waals surface area contributed by atoms with Crippen LogP contribution in [0.25, 0.3) is 11.5 Å². The van der Waals surface area contributed by atoms with Gasteiger partial charge >= 0.3 is 0 Å². The van der Waals surface area contributed by atoms with Crippen molar-refractivity contribution in [2.75, 3.05) is 18.5 Å². The number of rotatable bonds is 5. The van der Waals surface area contributed by atoms with Crippen LogP contribution < -0.4 is 5.32 Å². The maximum Gasteiger partial charge on any atom is 0.261 e. The van der Waals surface area contributed by atoms with Gasteiger partial charge in [0.2, 0.25) is 0 Å². The number of anilines is 1. The highest BCUT2D eigenvalue weighted by atomic mass is 16.5. The molecule has 4 rings (SSSR count). The lowest BCUT2D eigenvalue weighted by atomic mass is 9.89. The molecule has 0 spiro atoms. The molecule has 0 saturated carbocycles. The second-order valence-electron chi connectivity index (χ2n) is 7.03. The quantitative estimate of drug-likeness (QED) is 0.726. The summed E-state index contributed by atoms with van der Waals surface area (Å²) in [5.74, 6) is 2.23. The Morgan fingerprint density at radius 2 is 2.00 bits per heavy atom. The molecule has 1 aliphatic heterocycles. The van der Waals surface area contributed by atoms with E-state index in [1.165, 1.54) is 11.1 Å². The topological polar surface area (TPSA) is 73.1 Å². The lowest BCUT2D eigenvalue weighted by Gasteiger charge is -2.32. The largest absolute Gasteiger partial charge is 0.373 e. The zero-order valence-electron chi connectivity index (χ0n) is 15.7. The van der Waals surface area contributed by atoms with Gasteiger partial charge in [-0.05, 0) is 44.4 Å². The van der Waals surface area contributed by atoms with E-state index in [2.05, 4.69) is 51.6 Å². The molecule has 1 fully saturated rings. The Bertz CT molecular complexity index is 891. The molecule has 2 aromatic heterocycles. The first kappa shape index (κ1) is 17.7. The fourth-order valence-corrected chi connectivity index (χ4v) is 3.53. The van der Waals surface area contributed by atoms with E-state index in [-0.39, 0.29) is 6.10 Å². The first-order chi connectivity index (χ1) is 13.2. The molecule has 0 radical (unpaired) electrons. The molecule has 2 atom stereocenters. The third kappa shape index (κ3) is 4.01. The van der Waals surface area contributed by atoms with Crippen LogP contribution in [0.15, 0.2) is 47.1 Å². The van der Waals surface area contributed by atoms with Gasteiger partial charge in [-0.15, -0.1) is 0 Å². The van der Waals surface area contributed by atoms with Crippen molar-refractivity contribution < 1.29 is 9.26 Å². The maximum absolute atomic E-state index is 6.12. The predicted octanol–water partition coefficient (Wildman–Crippen LogP) is 4.33. The number of hydrogen-bond donors (Lipinski definition) is 1. The minimum absolute atomic E-state index is 0.102. The van der Waals surface area contributed by atoms with Crippen molar-refractivity contribution in [3.63, 3.8) is 0 Å². The Kier molecular flexibility index (Phi) is 5.16. The number of pyridine rings is 1. The number of hydrogen-bond acceptors (Lipinski definition) is 6. The minimum atomic E-state index is 0.102. The van der Waals surface area contributed by atoms with E-state index >= 15 is 0 Å². The van der Waals surface area contributed by atoms with Crippen LogP contribution in [0.2, 0.25) is 0 Å². The molecule has 0 amide bonds. The van der Waals surface area contributed by atoms with Crippen LogP contribution in [-0.2, 0) is 4.74 Å². The van der Waals surface area contributed by atoms with Gasteiger partial charge in [0, 0.05) is 25.3 Å². The fraction of sp³-hybridized carbons (Fsp3) is 0.381. The van der Waals surface area contributed by atoms with Gasteiger partial charge in [-0.25, -0.2) is 4.98 Å². The van der Waals surface area contributed by atoms with Crippen molar-refractivity contribution in [2.45, 2.75) is 32.8 Å². The van der Waals surface area contributed by atoms with Gasteiger partial charge in [0.15, 0.2) is 5.82 Å². The summed E-state index contributed by atoms with van der Waals surface area (Å²) in [4.78, 5) is 8.80. The number of ether oxygens (including phenoxy) is 1. The van der Waals surface area contributed by atoms with Crippen molar-refractivity contribution in [1.82, 2.24) is 15.1 Å². The summed E-state index contributed by atoms with van der Waals surface area (Å²) >= 11 is 0. The summed E-state index contributed by atoms with van der Waals surface area (Å²) in [7, 11) is 0. The Balaban J connectivity index is 1.51. The fourth-order valence-electron chi connectivity index (χ4n) is 3.53. The summed E-state index contributed by atoms with van der Waals surface area (Å²) in [6.07, 6.45) is 4.06. The number of aromatic nitrogens is 3. The molecule has 3 aromatic rings. The van der Waals surface area contributed by atoms with Gasteiger partial charge in [0.25, 0.3) is 5.89 Å². The third-order valence-electron chi connectivity index (χ3n) is 4.95. The number of nitrogens with zero attached hydrogens (tertiary/aromatic N) is 3. The summed E-state index contributed by atoms with van der Waals surface area (Å²) in [5, 5.41) is 7.36. The maximum atomic E-state index is 6.12. The molecule has 0 aliphatic carbocycles. The van der Waals surface area contributed by atoms with E-state index < -0.39 is 0 Å². The molecule has 27 heavy (non-hydrogen) atoms. The molecule has 2 unspecified atom stereocenters. The zero-order valence-corrected chi connectivity index (χ0v) is 15.7. The summed E-state index contributed by atoms with van der Waals surface area (Å²) < 4.78 is 11.4. The number of benzene rings is 1. The van der Waals surface area contributed by atoms with Gasteiger partial charge in [-0.2, -0.15) is 4.98 Å². The molecule has 0 bridgehead atoms. The molecule has 1 aliphatic rings. The highest BCUT2D eigenvalue weighted by molar-refractivity contribution is 5.68. The zero-order chi connectivity index (χ0) is 18.6. The molecule has 1 N–H and O–H groups in total. The first-order valence-electron chi connectivity index (χ1n) is 9.38. The van der Waals surface area contributed by atoms with Crippen molar-refractivity contribution >= 4 is 5.82 Å². The van der Waals surface area contributed by atoms with Crippen LogP contribution in [0, 0.1) is 19.8 Å². The standard InChI is InChI=1S/C21H24N4O2/c1-14-7-9-16(10-8-14)19-17(5-4-12-26-19)13-23-20-18(6-3-11-22-20)21-24-15(2)25-27-21/h3,6-11,17,19H,4-5,12-13H2,1-2H3,(H,22,23). The molecule has 140 valence electrons. The highest BCUT2D eigenvalue weighted by Crippen LogP contribution is 2.34. The Morgan fingerprint density at radius 3 is 2.78 bits per heavy atom. The molecule has 3 heterocycles. The van der Waals surface area contributed by atoms with Crippen molar-refractivity contribution in [3.05, 3.63) is 59.5 Å². The SMILES string of the molecule is Cc1ccc(C2OCCCC2CNc2ncccc2-c2nc(C)no2)cc1. The average molecular weight is 364 g/mol. The lowest BCUT2D eigenvalue weighted by Crippen LogP contribution is -2.28. The Morgan fingerprint density at radius 1 is 1.15 bits per heavy atom. The Labute approximate surface area is 159 Å². The number of aryl methyl sites for hydroxylation is 2. The van der Waals surface area contributed by atoms with Crippen molar-refractivity contribution in [1.29, 1.82) is 0 Å². The van der Waals surface area contributed by atoms with E-state index in [0.717, 1.165) is 37.4 Å². The average Bonchev–Trinajstić information content (AvgIpc) is 3.14. The molecule has 1 saturated heterocycles. The minimum Gasteiger partial charge on any atom is -0.373 e. The van der Waals surface area contributed by atoms with E-state index in [9.17, 15) is 0 Å². The summed E-state index contributed by atoms with van der Waals surface area (Å²) in [6, 6.07) is 12.5. The van der Waals surface area contributed by atoms with E-state index in [1.54, 1.807) is 6.20 Å². The van der Waals surface area contributed by atoms with Crippen LogP contribution in [0.5, 0.6) is 0 Å². The predicted molar refractivity (Wildman–Crippen MR) is 103 cm³/mol. The van der Waals surface area contributed by atoms with Crippen LogP contribution >= 0.6 is 0 Å². The van der Waals surface area contributed by atoms with Crippen LogP contribution in [0.1, 0.15) is 35.9 Å². The second-order valence-corrected chi connectivity index (χ2v) is 7.03. The highest BCUT2D eigenvalue weighted by Gasteiger charge is 2.27. The van der Waals surface area contributed by atoms with Crippen LogP contribution in [0.3, 0.4) is 0 Å². The van der Waals surface area contributed by atoms with E-state index in [0.29, 0.717) is 17.6 Å². The first-order valence-corrected chi connectivity index (χ1v) is 9.38. The monoisotopic (exact) mass is 364 g/mol. The number of nitrogens with one attached hydrogen (secondary N) is 1.